The van der Waals surface area contributed by atoms with Crippen LogP contribution in [0.1, 0.15) is 23.7 Å². The first kappa shape index (κ1) is 26.5. The minimum absolute atomic E-state index is 0.0109. The van der Waals surface area contributed by atoms with Gasteiger partial charge in [0.15, 0.2) is 11.2 Å². The standard InChI is InChI=1S/C31H24ClNO8/c1-15-10-18(11-25(35)31(15)30(37)26-23(38-2)13-24(39-3)27(32)29(26)41-31)33-17-6-4-16(5-7-17)21-14-40-22-12-19(34)8-9-20(22)28(21)36/h4-9,11-15,33-34H,10H2,1-3H3/t15-,31+/m1/s1. The van der Waals surface area contributed by atoms with Gasteiger partial charge in [0.2, 0.25) is 17.2 Å². The summed E-state index contributed by atoms with van der Waals surface area (Å²) < 4.78 is 22.3. The Morgan fingerprint density at radius 2 is 1.76 bits per heavy atom. The molecular formula is C31H24ClNO8. The number of phenolic OH excluding ortho intramolecular Hbond substituents is 1. The zero-order valence-electron chi connectivity index (χ0n) is 22.2. The number of ether oxygens (including phenoxy) is 3. The van der Waals surface area contributed by atoms with Crippen LogP contribution in [-0.4, -0.2) is 36.5 Å². The topological polar surface area (TPSA) is 124 Å². The highest BCUT2D eigenvalue weighted by Gasteiger charge is 2.60. The molecule has 0 fully saturated rings. The number of allylic oxidation sites excluding steroid dienone is 1. The molecule has 9 nitrogen and oxygen atoms in total. The van der Waals surface area contributed by atoms with Gasteiger partial charge < -0.3 is 29.1 Å². The molecule has 4 aromatic rings. The molecule has 1 spiro atoms. The fraction of sp³-hybridized carbons (Fsp3) is 0.194. The number of Topliss-reactive ketones (excluding diaryl/α,β-unsaturated/α-hetero) is 1. The molecule has 208 valence electrons. The molecule has 41 heavy (non-hydrogen) atoms. The van der Waals surface area contributed by atoms with Crippen molar-refractivity contribution in [2.24, 2.45) is 5.92 Å². The van der Waals surface area contributed by atoms with Crippen LogP contribution in [0.15, 0.2) is 75.8 Å². The molecule has 2 aliphatic rings. The second kappa shape index (κ2) is 9.71. The lowest BCUT2D eigenvalue weighted by atomic mass is 9.74. The van der Waals surface area contributed by atoms with E-state index in [4.69, 9.17) is 30.2 Å². The second-order valence-corrected chi connectivity index (χ2v) is 10.3. The fourth-order valence-electron chi connectivity index (χ4n) is 5.45. The first-order valence-corrected chi connectivity index (χ1v) is 13.1. The lowest BCUT2D eigenvalue weighted by molar-refractivity contribution is -0.129. The van der Waals surface area contributed by atoms with Crippen LogP contribution in [0.5, 0.6) is 23.0 Å². The number of anilines is 1. The number of rotatable bonds is 5. The summed E-state index contributed by atoms with van der Waals surface area (Å²) in [5, 5.41) is 13.3. The normalized spacial score (nSPS) is 19.6. The monoisotopic (exact) mass is 573 g/mol. The van der Waals surface area contributed by atoms with Crippen LogP contribution in [0.25, 0.3) is 22.1 Å². The van der Waals surface area contributed by atoms with Crippen LogP contribution in [0, 0.1) is 5.92 Å². The van der Waals surface area contributed by atoms with Crippen molar-refractivity contribution in [1.29, 1.82) is 0 Å². The first-order valence-electron chi connectivity index (χ1n) is 12.7. The zero-order chi connectivity index (χ0) is 29.1. The third-order valence-corrected chi connectivity index (χ3v) is 7.93. The van der Waals surface area contributed by atoms with E-state index in [1.807, 2.05) is 0 Å². The van der Waals surface area contributed by atoms with Gasteiger partial charge in [0, 0.05) is 35.5 Å². The summed E-state index contributed by atoms with van der Waals surface area (Å²) in [4.78, 5) is 40.2. The molecule has 2 heterocycles. The smallest absolute Gasteiger partial charge is 0.236 e. The van der Waals surface area contributed by atoms with Crippen molar-refractivity contribution < 1.29 is 33.3 Å². The number of fused-ring (bicyclic) bond motifs is 2. The molecular weight excluding hydrogens is 550 g/mol. The van der Waals surface area contributed by atoms with E-state index in [9.17, 15) is 19.5 Å². The molecule has 1 aliphatic heterocycles. The Kier molecular flexibility index (Phi) is 6.26. The van der Waals surface area contributed by atoms with Crippen molar-refractivity contribution in [2.75, 3.05) is 19.5 Å². The summed E-state index contributed by atoms with van der Waals surface area (Å²) in [6.07, 6.45) is 3.08. The number of methoxy groups -OCH3 is 2. The lowest BCUT2D eigenvalue weighted by Gasteiger charge is -2.35. The summed E-state index contributed by atoms with van der Waals surface area (Å²) in [7, 11) is 2.85. The molecule has 0 bridgehead atoms. The van der Waals surface area contributed by atoms with Crippen molar-refractivity contribution in [2.45, 2.75) is 18.9 Å². The zero-order valence-corrected chi connectivity index (χ0v) is 23.0. The number of nitrogens with one attached hydrogen (secondary N) is 1. The Balaban J connectivity index is 1.26. The van der Waals surface area contributed by atoms with E-state index >= 15 is 0 Å². The quantitative estimate of drug-likeness (QED) is 0.287. The third kappa shape index (κ3) is 4.03. The van der Waals surface area contributed by atoms with Gasteiger partial charge in [0.1, 0.15) is 39.7 Å². The van der Waals surface area contributed by atoms with Crippen LogP contribution < -0.4 is 25.0 Å². The molecule has 2 atom stereocenters. The minimum atomic E-state index is -1.76. The number of phenols is 1. The average Bonchev–Trinajstić information content (AvgIpc) is 3.27. The highest BCUT2D eigenvalue weighted by atomic mass is 35.5. The van der Waals surface area contributed by atoms with Crippen molar-refractivity contribution in [3.8, 4) is 34.1 Å². The Morgan fingerprint density at radius 3 is 2.44 bits per heavy atom. The van der Waals surface area contributed by atoms with Crippen LogP contribution >= 0.6 is 11.6 Å². The molecule has 0 saturated carbocycles. The van der Waals surface area contributed by atoms with Crippen molar-refractivity contribution >= 4 is 39.8 Å². The Bertz CT molecular complexity index is 1840. The summed E-state index contributed by atoms with van der Waals surface area (Å²) >= 11 is 6.45. The Hall–Kier alpha value is -4.76. The van der Waals surface area contributed by atoms with Gasteiger partial charge in [-0.25, -0.2) is 0 Å². The van der Waals surface area contributed by atoms with Gasteiger partial charge >= 0.3 is 0 Å². The van der Waals surface area contributed by atoms with E-state index < -0.39 is 23.1 Å². The van der Waals surface area contributed by atoms with Crippen LogP contribution in [0.2, 0.25) is 5.02 Å². The number of carbonyl (C=O) groups is 2. The molecule has 1 aromatic heterocycles. The molecule has 2 N–H and O–H groups in total. The maximum atomic E-state index is 13.7. The summed E-state index contributed by atoms with van der Waals surface area (Å²) in [6.45, 7) is 1.77. The van der Waals surface area contributed by atoms with Crippen molar-refractivity contribution in [3.63, 3.8) is 0 Å². The summed E-state index contributed by atoms with van der Waals surface area (Å²) in [5.74, 6) is -0.973. The van der Waals surface area contributed by atoms with Crippen molar-refractivity contribution in [3.05, 3.63) is 87.4 Å². The van der Waals surface area contributed by atoms with E-state index in [2.05, 4.69) is 5.32 Å². The number of hydrogen-bond donors (Lipinski definition) is 2. The molecule has 6 rings (SSSR count). The van der Waals surface area contributed by atoms with Gasteiger partial charge in [0.25, 0.3) is 0 Å². The molecule has 0 amide bonds. The maximum absolute atomic E-state index is 13.7. The number of halogens is 1. The van der Waals surface area contributed by atoms with E-state index in [-0.39, 0.29) is 39.0 Å². The van der Waals surface area contributed by atoms with Gasteiger partial charge in [-0.2, -0.15) is 0 Å². The Morgan fingerprint density at radius 1 is 1.02 bits per heavy atom. The molecule has 10 heteroatoms. The molecule has 0 unspecified atom stereocenters. The number of benzene rings is 3. The SMILES string of the molecule is COc1cc(OC)c2c(c1Cl)O[C@@]1(C(=O)C=C(Nc3ccc(-c4coc5cc(O)ccc5c4=O)cc3)C[C@H]1C)C2=O. The van der Waals surface area contributed by atoms with Crippen LogP contribution in [-0.2, 0) is 4.79 Å². The lowest BCUT2D eigenvalue weighted by Crippen LogP contribution is -2.55. The summed E-state index contributed by atoms with van der Waals surface area (Å²) in [6, 6.07) is 12.9. The van der Waals surface area contributed by atoms with Crippen LogP contribution in [0.4, 0.5) is 5.69 Å². The summed E-state index contributed by atoms with van der Waals surface area (Å²) in [5.41, 5.74) is 0.740. The van der Waals surface area contributed by atoms with E-state index in [1.54, 1.807) is 31.2 Å². The number of carbonyl (C=O) groups excluding carboxylic acids is 2. The predicted molar refractivity (Wildman–Crippen MR) is 152 cm³/mol. The second-order valence-electron chi connectivity index (χ2n) is 9.97. The van der Waals surface area contributed by atoms with Gasteiger partial charge in [-0.15, -0.1) is 0 Å². The minimum Gasteiger partial charge on any atom is -0.508 e. The van der Waals surface area contributed by atoms with E-state index in [1.165, 1.54) is 50.8 Å². The highest BCUT2D eigenvalue weighted by molar-refractivity contribution is 6.36. The number of ketones is 2. The average molecular weight is 574 g/mol. The van der Waals surface area contributed by atoms with E-state index in [0.29, 0.717) is 39.9 Å². The molecule has 3 aromatic carbocycles. The highest BCUT2D eigenvalue weighted by Crippen LogP contribution is 2.53. The largest absolute Gasteiger partial charge is 0.508 e. The number of aromatic hydroxyl groups is 1. The molecule has 0 saturated heterocycles. The van der Waals surface area contributed by atoms with Crippen LogP contribution in [0.3, 0.4) is 0 Å². The van der Waals surface area contributed by atoms with Gasteiger partial charge in [-0.3, -0.25) is 14.4 Å². The van der Waals surface area contributed by atoms with Gasteiger partial charge in [0.05, 0.1) is 25.2 Å². The molecule has 1 aliphatic carbocycles. The Labute approximate surface area is 238 Å². The predicted octanol–water partition coefficient (Wildman–Crippen LogP) is 5.76. The fourth-order valence-corrected chi connectivity index (χ4v) is 5.72. The maximum Gasteiger partial charge on any atom is 0.236 e. The third-order valence-electron chi connectivity index (χ3n) is 7.57. The van der Waals surface area contributed by atoms with E-state index in [0.717, 1.165) is 0 Å². The van der Waals surface area contributed by atoms with Crippen molar-refractivity contribution in [1.82, 2.24) is 0 Å². The first-order chi connectivity index (χ1) is 19.7. The number of hydrogen-bond acceptors (Lipinski definition) is 9. The molecule has 0 radical (unpaired) electrons. The van der Waals surface area contributed by atoms with Gasteiger partial charge in [-0.05, 0) is 36.2 Å². The van der Waals surface area contributed by atoms with Gasteiger partial charge in [-0.1, -0.05) is 30.7 Å².